The highest BCUT2D eigenvalue weighted by atomic mass is 35.5. The Morgan fingerprint density at radius 2 is 1.62 bits per heavy atom. The zero-order valence-electron chi connectivity index (χ0n) is 15.4. The molecule has 26 heavy (non-hydrogen) atoms. The number of hydrogen-bond acceptors (Lipinski definition) is 3. The molecule has 4 nitrogen and oxygen atoms in total. The minimum absolute atomic E-state index is 0. The van der Waals surface area contributed by atoms with Crippen LogP contribution in [0.3, 0.4) is 0 Å². The molecule has 1 atom stereocenters. The second-order valence-corrected chi connectivity index (χ2v) is 6.54. The number of halogens is 1. The van der Waals surface area contributed by atoms with E-state index in [0.29, 0.717) is 6.04 Å². The number of nitrogens with zero attached hydrogens (tertiary/aromatic N) is 1. The molecule has 0 spiro atoms. The largest absolute Gasteiger partial charge is 0.481 e. The van der Waals surface area contributed by atoms with Gasteiger partial charge in [0.1, 0.15) is 5.75 Å². The number of piperidine rings is 1. The van der Waals surface area contributed by atoms with Crippen LogP contribution in [0.4, 0.5) is 0 Å². The van der Waals surface area contributed by atoms with Gasteiger partial charge in [0.2, 0.25) is 0 Å². The van der Waals surface area contributed by atoms with E-state index in [4.69, 9.17) is 4.74 Å². The lowest BCUT2D eigenvalue weighted by atomic mass is 10.0. The lowest BCUT2D eigenvalue weighted by Gasteiger charge is -2.33. The van der Waals surface area contributed by atoms with Gasteiger partial charge in [-0.2, -0.15) is 0 Å². The van der Waals surface area contributed by atoms with Crippen molar-refractivity contribution in [3.63, 3.8) is 0 Å². The molecular formula is C21H27ClN2O2. The molecule has 0 saturated carbocycles. The van der Waals surface area contributed by atoms with Gasteiger partial charge in [-0.25, -0.2) is 0 Å². The van der Waals surface area contributed by atoms with Crippen LogP contribution in [-0.4, -0.2) is 43.1 Å². The molecule has 5 heteroatoms. The van der Waals surface area contributed by atoms with Crippen LogP contribution in [0, 0.1) is 0 Å². The molecule has 2 aromatic rings. The monoisotopic (exact) mass is 374 g/mol. The van der Waals surface area contributed by atoms with Crippen LogP contribution in [0.25, 0.3) is 11.1 Å². The second kappa shape index (κ2) is 9.60. The Bertz CT molecular complexity index is 683. The molecule has 1 unspecified atom stereocenters. The predicted molar refractivity (Wildman–Crippen MR) is 108 cm³/mol. The standard InChI is InChI=1S/C21H26N2O2.ClH/c1-16(21(24)23-14-12-19(22-2)13-15-23)25-20-10-8-18(9-11-20)17-6-4-3-5-7-17;/h3-11,16,19,22H,12-15H2,1-2H3;1H. The van der Waals surface area contributed by atoms with E-state index < -0.39 is 6.10 Å². The van der Waals surface area contributed by atoms with Crippen molar-refractivity contribution < 1.29 is 9.53 Å². The minimum atomic E-state index is -0.464. The lowest BCUT2D eigenvalue weighted by molar-refractivity contribution is -0.139. The summed E-state index contributed by atoms with van der Waals surface area (Å²) >= 11 is 0. The first kappa shape index (κ1) is 20.3. The van der Waals surface area contributed by atoms with Gasteiger partial charge in [0.15, 0.2) is 6.10 Å². The Morgan fingerprint density at radius 1 is 1.04 bits per heavy atom. The SMILES string of the molecule is CNC1CCN(C(=O)C(C)Oc2ccc(-c3ccccc3)cc2)CC1.Cl. The zero-order valence-corrected chi connectivity index (χ0v) is 16.2. The van der Waals surface area contributed by atoms with E-state index in [1.165, 1.54) is 5.56 Å². The molecule has 140 valence electrons. The summed E-state index contributed by atoms with van der Waals surface area (Å²) in [5.41, 5.74) is 2.31. The number of nitrogens with one attached hydrogen (secondary N) is 1. The van der Waals surface area contributed by atoms with E-state index in [1.807, 2.05) is 61.3 Å². The maximum atomic E-state index is 12.6. The molecule has 3 rings (SSSR count). The molecule has 0 radical (unpaired) electrons. The predicted octanol–water partition coefficient (Wildman–Crippen LogP) is 3.75. The number of carbonyl (C=O) groups excluding carboxylic acids is 1. The topological polar surface area (TPSA) is 41.6 Å². The van der Waals surface area contributed by atoms with E-state index in [0.717, 1.165) is 37.2 Å². The normalized spacial score (nSPS) is 15.8. The van der Waals surface area contributed by atoms with Crippen molar-refractivity contribution in [3.05, 3.63) is 54.6 Å². The van der Waals surface area contributed by atoms with Gasteiger partial charge in [-0.05, 0) is 50.1 Å². The molecule has 1 aliphatic rings. The highest BCUT2D eigenvalue weighted by Gasteiger charge is 2.26. The number of benzene rings is 2. The fourth-order valence-corrected chi connectivity index (χ4v) is 3.26. The molecule has 1 aliphatic heterocycles. The summed E-state index contributed by atoms with van der Waals surface area (Å²) < 4.78 is 5.87. The summed E-state index contributed by atoms with van der Waals surface area (Å²) in [6.45, 7) is 3.42. The van der Waals surface area contributed by atoms with Crippen molar-refractivity contribution in [2.75, 3.05) is 20.1 Å². The van der Waals surface area contributed by atoms with Crippen LogP contribution in [0.15, 0.2) is 54.6 Å². The summed E-state index contributed by atoms with van der Waals surface area (Å²) in [5, 5.41) is 3.28. The average molecular weight is 375 g/mol. The van der Waals surface area contributed by atoms with Crippen LogP contribution < -0.4 is 10.1 Å². The summed E-state index contributed by atoms with van der Waals surface area (Å²) in [5.74, 6) is 0.798. The Kier molecular flexibility index (Phi) is 7.49. The summed E-state index contributed by atoms with van der Waals surface area (Å²) in [7, 11) is 1.98. The smallest absolute Gasteiger partial charge is 0.263 e. The first-order chi connectivity index (χ1) is 12.2. The molecule has 0 bridgehead atoms. The van der Waals surface area contributed by atoms with Crippen LogP contribution in [0.1, 0.15) is 19.8 Å². The van der Waals surface area contributed by atoms with E-state index in [9.17, 15) is 4.79 Å². The fourth-order valence-electron chi connectivity index (χ4n) is 3.26. The first-order valence-electron chi connectivity index (χ1n) is 8.95. The summed E-state index contributed by atoms with van der Waals surface area (Å²) in [6, 6.07) is 18.7. The Hall–Kier alpha value is -2.04. The third-order valence-corrected chi connectivity index (χ3v) is 4.84. The van der Waals surface area contributed by atoms with E-state index in [1.54, 1.807) is 0 Å². The van der Waals surface area contributed by atoms with Crippen LogP contribution >= 0.6 is 12.4 Å². The van der Waals surface area contributed by atoms with Crippen molar-refractivity contribution in [1.29, 1.82) is 0 Å². The van der Waals surface area contributed by atoms with Gasteiger partial charge in [-0.15, -0.1) is 12.4 Å². The molecule has 2 aromatic carbocycles. The van der Waals surface area contributed by atoms with Gasteiger partial charge < -0.3 is 15.0 Å². The Morgan fingerprint density at radius 3 is 2.19 bits per heavy atom. The van der Waals surface area contributed by atoms with E-state index in [-0.39, 0.29) is 18.3 Å². The van der Waals surface area contributed by atoms with Gasteiger partial charge in [0.25, 0.3) is 5.91 Å². The molecule has 1 N–H and O–H groups in total. The molecule has 1 saturated heterocycles. The minimum Gasteiger partial charge on any atom is -0.481 e. The van der Waals surface area contributed by atoms with E-state index >= 15 is 0 Å². The maximum absolute atomic E-state index is 12.6. The van der Waals surface area contributed by atoms with Gasteiger partial charge in [-0.1, -0.05) is 42.5 Å². The second-order valence-electron chi connectivity index (χ2n) is 6.54. The molecule has 1 amide bonds. The highest BCUT2D eigenvalue weighted by molar-refractivity contribution is 5.85. The maximum Gasteiger partial charge on any atom is 0.263 e. The molecule has 1 heterocycles. The summed E-state index contributed by atoms with van der Waals surface area (Å²) in [4.78, 5) is 14.5. The van der Waals surface area contributed by atoms with E-state index in [2.05, 4.69) is 17.4 Å². The number of rotatable bonds is 5. The van der Waals surface area contributed by atoms with Gasteiger partial charge in [-0.3, -0.25) is 4.79 Å². The number of likely N-dealkylation sites (tertiary alicyclic amines) is 1. The van der Waals surface area contributed by atoms with Crippen LogP contribution in [0.2, 0.25) is 0 Å². The number of carbonyl (C=O) groups is 1. The highest BCUT2D eigenvalue weighted by Crippen LogP contribution is 2.23. The lowest BCUT2D eigenvalue weighted by Crippen LogP contribution is -2.48. The quantitative estimate of drug-likeness (QED) is 0.866. The summed E-state index contributed by atoms with van der Waals surface area (Å²) in [6.07, 6.45) is 1.54. The molecule has 1 fully saturated rings. The molecular weight excluding hydrogens is 348 g/mol. The Labute approximate surface area is 162 Å². The molecule has 0 aliphatic carbocycles. The Balaban J connectivity index is 0.00000243. The number of ether oxygens (including phenoxy) is 1. The number of hydrogen-bond donors (Lipinski definition) is 1. The van der Waals surface area contributed by atoms with Crippen LogP contribution in [0.5, 0.6) is 5.75 Å². The first-order valence-corrected chi connectivity index (χ1v) is 8.95. The van der Waals surface area contributed by atoms with Crippen molar-refractivity contribution in [1.82, 2.24) is 10.2 Å². The van der Waals surface area contributed by atoms with Crippen molar-refractivity contribution in [2.24, 2.45) is 0 Å². The third kappa shape index (κ3) is 4.99. The van der Waals surface area contributed by atoms with Gasteiger partial charge in [0.05, 0.1) is 0 Å². The number of amides is 1. The van der Waals surface area contributed by atoms with Crippen molar-refractivity contribution >= 4 is 18.3 Å². The molecule has 0 aromatic heterocycles. The van der Waals surface area contributed by atoms with Crippen molar-refractivity contribution in [2.45, 2.75) is 31.9 Å². The van der Waals surface area contributed by atoms with Gasteiger partial charge in [0, 0.05) is 19.1 Å². The zero-order chi connectivity index (χ0) is 17.6. The average Bonchev–Trinajstić information content (AvgIpc) is 2.68. The van der Waals surface area contributed by atoms with Gasteiger partial charge >= 0.3 is 0 Å². The third-order valence-electron chi connectivity index (χ3n) is 4.84. The van der Waals surface area contributed by atoms with Crippen LogP contribution in [-0.2, 0) is 4.79 Å². The fraction of sp³-hybridized carbons (Fsp3) is 0.381. The van der Waals surface area contributed by atoms with Crippen molar-refractivity contribution in [3.8, 4) is 16.9 Å².